The Morgan fingerprint density at radius 1 is 0.943 bits per heavy atom. The average Bonchev–Trinajstić information content (AvgIpc) is 3.21. The number of carbonyl (C=O) groups is 3. The van der Waals surface area contributed by atoms with E-state index in [4.69, 9.17) is 0 Å². The Morgan fingerprint density at radius 3 is 2.49 bits per heavy atom. The fourth-order valence-corrected chi connectivity index (χ4v) is 6.38. The predicted octanol–water partition coefficient (Wildman–Crippen LogP) is 4.16. The summed E-state index contributed by atoms with van der Waals surface area (Å²) in [6, 6.07) is 14.2. The zero-order chi connectivity index (χ0) is 24.2. The molecule has 0 aliphatic carbocycles. The number of aryl methyl sites for hydroxylation is 1. The highest BCUT2D eigenvalue weighted by atomic mass is 32.2. The number of carbonyl (C=O) groups excluding carboxylic acids is 3. The molecule has 0 saturated carbocycles. The molecule has 5 rings (SSSR count). The number of nitrogens with zero attached hydrogens (tertiary/aromatic N) is 2. The number of benzene rings is 2. The summed E-state index contributed by atoms with van der Waals surface area (Å²) in [7, 11) is 0. The third-order valence-electron chi connectivity index (χ3n) is 7.34. The van der Waals surface area contributed by atoms with E-state index in [0.717, 1.165) is 22.6 Å². The van der Waals surface area contributed by atoms with Crippen molar-refractivity contribution in [2.75, 3.05) is 19.6 Å². The molecule has 2 aromatic rings. The first-order valence-electron chi connectivity index (χ1n) is 12.8. The van der Waals surface area contributed by atoms with Gasteiger partial charge in [-0.3, -0.25) is 19.7 Å². The van der Waals surface area contributed by atoms with Gasteiger partial charge in [-0.2, -0.15) is 0 Å². The summed E-state index contributed by atoms with van der Waals surface area (Å²) < 4.78 is 0. The standard InChI is InChI=1S/C28H33N3O3S/c32-26-14-13-24(27(33)29-26)31-18-23-22(28(31)34)7-4-8-25(23)35-19-21-11-9-20(10-12-21)6-5-17-30-15-2-1-3-16-30/h4,7-12,24H,1-3,5-6,13-19H2,(H,29,32,33). The third-order valence-corrected chi connectivity index (χ3v) is 8.52. The Balaban J connectivity index is 1.16. The number of fused-ring (bicyclic) bond motifs is 1. The molecule has 0 radical (unpaired) electrons. The Morgan fingerprint density at radius 2 is 1.71 bits per heavy atom. The van der Waals surface area contributed by atoms with Crippen LogP contribution in [0.3, 0.4) is 0 Å². The lowest BCUT2D eigenvalue weighted by Gasteiger charge is -2.29. The van der Waals surface area contributed by atoms with Crippen molar-refractivity contribution in [1.29, 1.82) is 0 Å². The molecule has 1 unspecified atom stereocenters. The molecule has 0 aromatic heterocycles. The monoisotopic (exact) mass is 491 g/mol. The number of hydrogen-bond acceptors (Lipinski definition) is 5. The van der Waals surface area contributed by atoms with Gasteiger partial charge in [-0.1, -0.05) is 36.8 Å². The molecule has 3 aliphatic rings. The number of imide groups is 1. The Kier molecular flexibility index (Phi) is 7.54. The van der Waals surface area contributed by atoms with Crippen molar-refractivity contribution in [3.8, 4) is 0 Å². The van der Waals surface area contributed by atoms with Crippen LogP contribution < -0.4 is 5.32 Å². The van der Waals surface area contributed by atoms with Crippen LogP contribution in [-0.4, -0.2) is 53.2 Å². The Labute approximate surface area is 211 Å². The minimum absolute atomic E-state index is 0.120. The van der Waals surface area contributed by atoms with Gasteiger partial charge in [0.15, 0.2) is 0 Å². The normalized spacial score (nSPS) is 20.7. The fraction of sp³-hybridized carbons (Fsp3) is 0.464. The lowest BCUT2D eigenvalue weighted by Crippen LogP contribution is -2.52. The smallest absolute Gasteiger partial charge is 0.255 e. The van der Waals surface area contributed by atoms with Gasteiger partial charge in [0.2, 0.25) is 11.8 Å². The maximum absolute atomic E-state index is 13.0. The highest BCUT2D eigenvalue weighted by molar-refractivity contribution is 7.98. The number of thioether (sulfide) groups is 1. The van der Waals surface area contributed by atoms with Gasteiger partial charge < -0.3 is 9.80 Å². The summed E-state index contributed by atoms with van der Waals surface area (Å²) in [5.41, 5.74) is 4.31. The first-order valence-corrected chi connectivity index (χ1v) is 13.8. The van der Waals surface area contributed by atoms with Gasteiger partial charge in [0, 0.05) is 29.2 Å². The molecule has 3 amide bonds. The van der Waals surface area contributed by atoms with Crippen LogP contribution in [0.4, 0.5) is 0 Å². The highest BCUT2D eigenvalue weighted by Crippen LogP contribution is 2.35. The Hall–Kier alpha value is -2.64. The van der Waals surface area contributed by atoms with Crippen molar-refractivity contribution in [3.63, 3.8) is 0 Å². The van der Waals surface area contributed by atoms with Gasteiger partial charge in [0.25, 0.3) is 5.91 Å². The quantitative estimate of drug-likeness (QED) is 0.444. The van der Waals surface area contributed by atoms with Crippen LogP contribution >= 0.6 is 11.8 Å². The lowest BCUT2D eigenvalue weighted by molar-refractivity contribution is -0.136. The third kappa shape index (κ3) is 5.62. The molecule has 35 heavy (non-hydrogen) atoms. The van der Waals surface area contributed by atoms with Gasteiger partial charge >= 0.3 is 0 Å². The minimum Gasteiger partial charge on any atom is -0.322 e. The molecule has 6 nitrogen and oxygen atoms in total. The van der Waals surface area contributed by atoms with Crippen LogP contribution in [0, 0.1) is 0 Å². The van der Waals surface area contributed by atoms with Crippen LogP contribution in [0.25, 0.3) is 0 Å². The van der Waals surface area contributed by atoms with Crippen molar-refractivity contribution in [2.24, 2.45) is 0 Å². The van der Waals surface area contributed by atoms with Gasteiger partial charge in [-0.15, -0.1) is 11.8 Å². The average molecular weight is 492 g/mol. The van der Waals surface area contributed by atoms with E-state index in [9.17, 15) is 14.4 Å². The van der Waals surface area contributed by atoms with E-state index in [1.165, 1.54) is 56.4 Å². The van der Waals surface area contributed by atoms with Crippen molar-refractivity contribution >= 4 is 29.5 Å². The van der Waals surface area contributed by atoms with Crippen LogP contribution in [0.15, 0.2) is 47.4 Å². The molecule has 0 spiro atoms. The number of likely N-dealkylation sites (tertiary alicyclic amines) is 1. The summed E-state index contributed by atoms with van der Waals surface area (Å²) in [5.74, 6) is 0.0788. The predicted molar refractivity (Wildman–Crippen MR) is 137 cm³/mol. The number of amides is 3. The number of hydrogen-bond donors (Lipinski definition) is 1. The molecule has 3 aliphatic heterocycles. The number of rotatable bonds is 8. The number of nitrogens with one attached hydrogen (secondary N) is 1. The molecular formula is C28H33N3O3S. The van der Waals surface area contributed by atoms with Crippen LogP contribution in [0.2, 0.25) is 0 Å². The van der Waals surface area contributed by atoms with E-state index in [2.05, 4.69) is 40.5 Å². The molecule has 3 heterocycles. The maximum atomic E-state index is 13.0. The number of piperidine rings is 2. The molecule has 2 fully saturated rings. The van der Waals surface area contributed by atoms with Crippen molar-refractivity contribution in [2.45, 2.75) is 68.2 Å². The second-order valence-electron chi connectivity index (χ2n) is 9.79. The van der Waals surface area contributed by atoms with Crippen molar-refractivity contribution in [1.82, 2.24) is 15.1 Å². The SMILES string of the molecule is O=C1CCC(N2Cc3c(SCc4ccc(CCCN5CCCCC5)cc4)cccc3C2=O)C(=O)N1. The summed E-state index contributed by atoms with van der Waals surface area (Å²) in [6.45, 7) is 4.14. The van der Waals surface area contributed by atoms with E-state index in [0.29, 0.717) is 18.5 Å². The topological polar surface area (TPSA) is 69.7 Å². The van der Waals surface area contributed by atoms with E-state index < -0.39 is 6.04 Å². The van der Waals surface area contributed by atoms with Crippen LogP contribution in [0.1, 0.15) is 65.6 Å². The van der Waals surface area contributed by atoms with Crippen molar-refractivity contribution < 1.29 is 14.4 Å². The Bertz CT molecular complexity index is 1100. The second kappa shape index (κ2) is 11.0. The van der Waals surface area contributed by atoms with Gasteiger partial charge in [-0.25, -0.2) is 0 Å². The molecule has 2 saturated heterocycles. The molecule has 7 heteroatoms. The molecule has 2 aromatic carbocycles. The van der Waals surface area contributed by atoms with Crippen molar-refractivity contribution in [3.05, 3.63) is 64.7 Å². The minimum atomic E-state index is -0.576. The molecule has 0 bridgehead atoms. The molecular weight excluding hydrogens is 458 g/mol. The first-order chi connectivity index (χ1) is 17.1. The van der Waals surface area contributed by atoms with E-state index in [1.54, 1.807) is 16.7 Å². The highest BCUT2D eigenvalue weighted by Gasteiger charge is 2.39. The lowest BCUT2D eigenvalue weighted by atomic mass is 10.0. The molecule has 1 atom stereocenters. The van der Waals surface area contributed by atoms with E-state index in [1.807, 2.05) is 12.1 Å². The van der Waals surface area contributed by atoms with E-state index in [-0.39, 0.29) is 24.1 Å². The summed E-state index contributed by atoms with van der Waals surface area (Å²) in [6.07, 6.45) is 7.07. The maximum Gasteiger partial charge on any atom is 0.255 e. The fourth-order valence-electron chi connectivity index (χ4n) is 5.35. The van der Waals surface area contributed by atoms with E-state index >= 15 is 0 Å². The second-order valence-corrected chi connectivity index (χ2v) is 10.8. The van der Waals surface area contributed by atoms with Gasteiger partial charge in [-0.05, 0) is 80.6 Å². The first kappa shape index (κ1) is 24.1. The zero-order valence-corrected chi connectivity index (χ0v) is 20.9. The molecule has 184 valence electrons. The van der Waals surface area contributed by atoms with Crippen LogP contribution in [0.5, 0.6) is 0 Å². The van der Waals surface area contributed by atoms with Crippen LogP contribution in [-0.2, 0) is 28.3 Å². The largest absolute Gasteiger partial charge is 0.322 e. The summed E-state index contributed by atoms with van der Waals surface area (Å²) in [5, 5.41) is 2.37. The van der Waals surface area contributed by atoms with Gasteiger partial charge in [0.1, 0.15) is 6.04 Å². The summed E-state index contributed by atoms with van der Waals surface area (Å²) in [4.78, 5) is 42.1. The molecule has 1 N–H and O–H groups in total. The summed E-state index contributed by atoms with van der Waals surface area (Å²) >= 11 is 1.73. The zero-order valence-electron chi connectivity index (χ0n) is 20.1. The van der Waals surface area contributed by atoms with Gasteiger partial charge in [0.05, 0.1) is 0 Å².